The van der Waals surface area contributed by atoms with E-state index >= 15 is 0 Å². The van der Waals surface area contributed by atoms with E-state index in [4.69, 9.17) is 11.6 Å². The topological polar surface area (TPSA) is 42.0 Å². The summed E-state index contributed by atoms with van der Waals surface area (Å²) in [5.41, 5.74) is 1.32. The number of benzene rings is 1. The van der Waals surface area contributed by atoms with Gasteiger partial charge in [0.15, 0.2) is 0 Å². The van der Waals surface area contributed by atoms with Gasteiger partial charge in [-0.15, -0.1) is 0 Å². The standard InChI is InChI=1S/C14H8BrClN2O/c15-12-8-11(9-17-14(12)16)18-13(19)7-6-10-4-2-1-3-5-10/h1-5,8-9H,(H,18,19). The average molecular weight is 336 g/mol. The number of rotatable bonds is 1. The number of aromatic nitrogens is 1. The van der Waals surface area contributed by atoms with Crippen molar-refractivity contribution in [2.24, 2.45) is 0 Å². The van der Waals surface area contributed by atoms with E-state index < -0.39 is 5.91 Å². The van der Waals surface area contributed by atoms with E-state index in [9.17, 15) is 4.79 Å². The molecule has 1 amide bonds. The molecule has 1 N–H and O–H groups in total. The number of pyridine rings is 1. The van der Waals surface area contributed by atoms with Crippen LogP contribution in [0.5, 0.6) is 0 Å². The van der Waals surface area contributed by atoms with Crippen LogP contribution in [0.1, 0.15) is 5.56 Å². The molecular weight excluding hydrogens is 328 g/mol. The van der Waals surface area contributed by atoms with Gasteiger partial charge in [0, 0.05) is 11.5 Å². The lowest BCUT2D eigenvalue weighted by atomic mass is 10.2. The van der Waals surface area contributed by atoms with Crippen molar-refractivity contribution in [3.05, 3.63) is 57.8 Å². The van der Waals surface area contributed by atoms with Crippen LogP contribution in [0.4, 0.5) is 5.69 Å². The van der Waals surface area contributed by atoms with Crippen molar-refractivity contribution in [2.45, 2.75) is 0 Å². The molecule has 0 radical (unpaired) electrons. The number of carbonyl (C=O) groups excluding carboxylic acids is 1. The molecule has 0 saturated heterocycles. The van der Waals surface area contributed by atoms with Crippen molar-refractivity contribution >= 4 is 39.1 Å². The van der Waals surface area contributed by atoms with Gasteiger partial charge in [0.25, 0.3) is 0 Å². The minimum Gasteiger partial charge on any atom is -0.314 e. The van der Waals surface area contributed by atoms with Crippen LogP contribution in [0, 0.1) is 11.8 Å². The van der Waals surface area contributed by atoms with Gasteiger partial charge in [-0.2, -0.15) is 0 Å². The molecule has 3 nitrogen and oxygen atoms in total. The first-order valence-corrected chi connectivity index (χ1v) is 6.51. The lowest BCUT2D eigenvalue weighted by Gasteiger charge is -2.01. The summed E-state index contributed by atoms with van der Waals surface area (Å²) in [5, 5.41) is 2.96. The summed E-state index contributed by atoms with van der Waals surface area (Å²) in [5.74, 6) is 4.87. The van der Waals surface area contributed by atoms with Crippen molar-refractivity contribution < 1.29 is 4.79 Å². The molecule has 0 saturated carbocycles. The Morgan fingerprint density at radius 2 is 2.05 bits per heavy atom. The molecule has 0 aliphatic carbocycles. The Kier molecular flexibility index (Phi) is 4.56. The molecule has 19 heavy (non-hydrogen) atoms. The highest BCUT2D eigenvalue weighted by Gasteiger charge is 2.02. The second kappa shape index (κ2) is 6.37. The predicted octanol–water partition coefficient (Wildman–Crippen LogP) is 3.49. The highest BCUT2D eigenvalue weighted by atomic mass is 79.9. The zero-order valence-electron chi connectivity index (χ0n) is 9.65. The van der Waals surface area contributed by atoms with E-state index in [1.54, 1.807) is 6.07 Å². The molecule has 0 fully saturated rings. The first kappa shape index (κ1) is 13.6. The predicted molar refractivity (Wildman–Crippen MR) is 78.9 cm³/mol. The van der Waals surface area contributed by atoms with Gasteiger partial charge in [-0.3, -0.25) is 4.79 Å². The zero-order chi connectivity index (χ0) is 13.7. The van der Waals surface area contributed by atoms with Gasteiger partial charge in [0.1, 0.15) is 5.15 Å². The number of hydrogen-bond donors (Lipinski definition) is 1. The number of nitrogens with zero attached hydrogens (tertiary/aromatic N) is 1. The van der Waals surface area contributed by atoms with E-state index in [0.29, 0.717) is 15.3 Å². The summed E-state index contributed by atoms with van der Waals surface area (Å²) in [7, 11) is 0. The molecule has 0 spiro atoms. The average Bonchev–Trinajstić information content (AvgIpc) is 2.42. The van der Waals surface area contributed by atoms with Crippen LogP contribution in [0.2, 0.25) is 5.15 Å². The Morgan fingerprint density at radius 3 is 2.74 bits per heavy atom. The Balaban J connectivity index is 2.06. The van der Waals surface area contributed by atoms with E-state index in [-0.39, 0.29) is 0 Å². The molecule has 2 aromatic rings. The van der Waals surface area contributed by atoms with Gasteiger partial charge in [-0.25, -0.2) is 4.98 Å². The van der Waals surface area contributed by atoms with Gasteiger partial charge >= 0.3 is 5.91 Å². The Morgan fingerprint density at radius 1 is 1.32 bits per heavy atom. The minimum absolute atomic E-state index is 0.341. The van der Waals surface area contributed by atoms with E-state index in [0.717, 1.165) is 5.56 Å². The third-order valence-corrected chi connectivity index (χ3v) is 3.28. The summed E-state index contributed by atoms with van der Waals surface area (Å²) < 4.78 is 0.614. The van der Waals surface area contributed by atoms with Crippen LogP contribution < -0.4 is 5.32 Å². The van der Waals surface area contributed by atoms with Gasteiger partial charge < -0.3 is 5.32 Å². The number of amides is 1. The number of hydrogen-bond acceptors (Lipinski definition) is 2. The van der Waals surface area contributed by atoms with E-state index in [1.807, 2.05) is 30.3 Å². The molecule has 0 aliphatic heterocycles. The fraction of sp³-hybridized carbons (Fsp3) is 0. The molecule has 0 bridgehead atoms. The summed E-state index contributed by atoms with van der Waals surface area (Å²) >= 11 is 8.99. The van der Waals surface area contributed by atoms with E-state index in [2.05, 4.69) is 38.1 Å². The monoisotopic (exact) mass is 334 g/mol. The SMILES string of the molecule is O=C(C#Cc1ccccc1)Nc1cnc(Cl)c(Br)c1. The van der Waals surface area contributed by atoms with Crippen LogP contribution in [-0.4, -0.2) is 10.9 Å². The zero-order valence-corrected chi connectivity index (χ0v) is 12.0. The minimum atomic E-state index is -0.403. The summed E-state index contributed by atoms with van der Waals surface area (Å²) in [4.78, 5) is 15.5. The molecule has 0 unspecified atom stereocenters. The number of carbonyl (C=O) groups is 1. The smallest absolute Gasteiger partial charge is 0.300 e. The molecule has 1 heterocycles. The lowest BCUT2D eigenvalue weighted by Crippen LogP contribution is -2.08. The summed E-state index contributed by atoms with van der Waals surface area (Å²) in [6.07, 6.45) is 1.47. The largest absolute Gasteiger partial charge is 0.314 e. The van der Waals surface area contributed by atoms with Crippen LogP contribution >= 0.6 is 27.5 Å². The fourth-order valence-corrected chi connectivity index (χ4v) is 1.75. The maximum atomic E-state index is 11.6. The molecule has 94 valence electrons. The first-order valence-electron chi connectivity index (χ1n) is 5.34. The van der Waals surface area contributed by atoms with Gasteiger partial charge in [-0.05, 0) is 34.1 Å². The molecule has 1 aromatic heterocycles. The molecular formula is C14H8BrClN2O. The molecule has 0 aliphatic rings. The number of nitrogens with one attached hydrogen (secondary N) is 1. The van der Waals surface area contributed by atoms with Gasteiger partial charge in [-0.1, -0.05) is 35.7 Å². The van der Waals surface area contributed by atoms with Gasteiger partial charge in [0.2, 0.25) is 0 Å². The quantitative estimate of drug-likeness (QED) is 0.640. The summed E-state index contributed by atoms with van der Waals surface area (Å²) in [6.45, 7) is 0. The van der Waals surface area contributed by atoms with Crippen molar-refractivity contribution in [3.8, 4) is 11.8 Å². The van der Waals surface area contributed by atoms with Crippen LogP contribution in [-0.2, 0) is 4.79 Å². The molecule has 1 aromatic carbocycles. The van der Waals surface area contributed by atoms with Crippen molar-refractivity contribution in [3.63, 3.8) is 0 Å². The van der Waals surface area contributed by atoms with Crippen LogP contribution in [0.15, 0.2) is 47.1 Å². The van der Waals surface area contributed by atoms with Crippen molar-refractivity contribution in [2.75, 3.05) is 5.32 Å². The fourth-order valence-electron chi connectivity index (χ4n) is 1.30. The molecule has 0 atom stereocenters. The van der Waals surface area contributed by atoms with Crippen LogP contribution in [0.25, 0.3) is 0 Å². The third-order valence-electron chi connectivity index (χ3n) is 2.15. The Labute approximate surface area is 124 Å². The van der Waals surface area contributed by atoms with E-state index in [1.165, 1.54) is 6.20 Å². The maximum absolute atomic E-state index is 11.6. The second-order valence-corrected chi connectivity index (χ2v) is 4.78. The number of anilines is 1. The Hall–Kier alpha value is -1.83. The maximum Gasteiger partial charge on any atom is 0.300 e. The molecule has 5 heteroatoms. The highest BCUT2D eigenvalue weighted by molar-refractivity contribution is 9.10. The second-order valence-electron chi connectivity index (χ2n) is 3.57. The number of halogens is 2. The van der Waals surface area contributed by atoms with Crippen molar-refractivity contribution in [1.82, 2.24) is 4.98 Å². The normalized spacial score (nSPS) is 9.37. The summed E-state index contributed by atoms with van der Waals surface area (Å²) in [6, 6.07) is 10.9. The van der Waals surface area contributed by atoms with Crippen LogP contribution in [0.3, 0.4) is 0 Å². The third kappa shape index (κ3) is 4.09. The molecule has 2 rings (SSSR count). The lowest BCUT2D eigenvalue weighted by molar-refractivity contribution is -0.111. The first-order chi connectivity index (χ1) is 9.15. The highest BCUT2D eigenvalue weighted by Crippen LogP contribution is 2.22. The Bertz CT molecular complexity index is 662. The van der Waals surface area contributed by atoms with Crippen molar-refractivity contribution in [1.29, 1.82) is 0 Å². The van der Waals surface area contributed by atoms with Gasteiger partial charge in [0.05, 0.1) is 16.4 Å².